The van der Waals surface area contributed by atoms with Crippen molar-refractivity contribution in [3.63, 3.8) is 0 Å². The van der Waals surface area contributed by atoms with Crippen molar-refractivity contribution < 1.29 is 24.5 Å². The van der Waals surface area contributed by atoms with Crippen molar-refractivity contribution in [1.82, 2.24) is 5.32 Å². The highest BCUT2D eigenvalue weighted by molar-refractivity contribution is 5.76. The maximum Gasteiger partial charge on any atom is 0.305 e. The average Bonchev–Trinajstić information content (AvgIpc) is 3.38. The molecule has 0 spiro atoms. The first kappa shape index (κ1) is 70.3. The number of aliphatic hydroxyl groups is 2. The number of hydrogen-bond donors (Lipinski definition) is 3. The number of esters is 1. The van der Waals surface area contributed by atoms with Crippen LogP contribution in [0.15, 0.2) is 24.3 Å². The van der Waals surface area contributed by atoms with E-state index in [1.54, 1.807) is 0 Å². The van der Waals surface area contributed by atoms with Gasteiger partial charge in [-0.25, -0.2) is 0 Å². The fourth-order valence-electron chi connectivity index (χ4n) is 10.2. The second-order valence-corrected chi connectivity index (χ2v) is 22.5. The molecule has 0 aromatic heterocycles. The average molecular weight is 1010 g/mol. The van der Waals surface area contributed by atoms with Gasteiger partial charge in [-0.05, 0) is 51.4 Å². The van der Waals surface area contributed by atoms with E-state index in [0.29, 0.717) is 25.9 Å². The Bertz CT molecular complexity index is 1120. The lowest BCUT2D eigenvalue weighted by molar-refractivity contribution is -0.143. The van der Waals surface area contributed by atoms with Crippen LogP contribution in [0.25, 0.3) is 0 Å². The first-order chi connectivity index (χ1) is 35.5. The highest BCUT2D eigenvalue weighted by Gasteiger charge is 2.20. The third-order valence-corrected chi connectivity index (χ3v) is 15.3. The van der Waals surface area contributed by atoms with Crippen molar-refractivity contribution >= 4 is 11.9 Å². The van der Waals surface area contributed by atoms with Crippen molar-refractivity contribution in [2.24, 2.45) is 0 Å². The van der Waals surface area contributed by atoms with Crippen LogP contribution in [-0.4, -0.2) is 47.4 Å². The normalized spacial score (nSPS) is 12.7. The van der Waals surface area contributed by atoms with Gasteiger partial charge in [0.2, 0.25) is 5.91 Å². The molecule has 0 saturated carbocycles. The third-order valence-electron chi connectivity index (χ3n) is 15.3. The summed E-state index contributed by atoms with van der Waals surface area (Å²) in [6.45, 7) is 4.91. The van der Waals surface area contributed by atoms with E-state index in [-0.39, 0.29) is 18.5 Å². The summed E-state index contributed by atoms with van der Waals surface area (Å²) in [5.41, 5.74) is 0. The maximum absolute atomic E-state index is 12.4. The maximum atomic E-state index is 12.4. The number of aliphatic hydroxyl groups excluding tert-OH is 2. The standard InChI is InChI=1S/C66H127NO5/c1-3-5-7-9-11-13-15-16-37-40-44-48-52-56-60-66(71)72-61-57-53-49-45-41-38-35-33-31-29-27-25-23-21-19-17-18-20-22-24-26-28-30-32-34-36-39-43-47-51-55-59-65(70)67-63(62-68)64(69)58-54-50-46-42-14-12-10-8-6-4-2/h9,11,15-16,63-64,68-69H,3-8,10,12-14,17-62H2,1-2H3,(H,67,70)/b11-9-,16-15-. The Hall–Kier alpha value is -1.66. The molecule has 6 nitrogen and oxygen atoms in total. The van der Waals surface area contributed by atoms with Crippen LogP contribution >= 0.6 is 0 Å². The molecular weight excluding hydrogens is 887 g/mol. The van der Waals surface area contributed by atoms with Gasteiger partial charge in [0.1, 0.15) is 0 Å². The van der Waals surface area contributed by atoms with Crippen molar-refractivity contribution in [2.45, 2.75) is 373 Å². The molecule has 0 aliphatic heterocycles. The summed E-state index contributed by atoms with van der Waals surface area (Å²) in [5.74, 6) is -0.0248. The van der Waals surface area contributed by atoms with Gasteiger partial charge in [-0.1, -0.05) is 321 Å². The fourth-order valence-corrected chi connectivity index (χ4v) is 10.2. The molecule has 0 radical (unpaired) electrons. The molecule has 2 unspecified atom stereocenters. The number of rotatable bonds is 61. The van der Waals surface area contributed by atoms with E-state index >= 15 is 0 Å². The number of carbonyl (C=O) groups is 2. The van der Waals surface area contributed by atoms with Gasteiger partial charge < -0.3 is 20.3 Å². The summed E-state index contributed by atoms with van der Waals surface area (Å²) >= 11 is 0. The van der Waals surface area contributed by atoms with Gasteiger partial charge in [0.05, 0.1) is 25.4 Å². The van der Waals surface area contributed by atoms with Gasteiger partial charge in [-0.15, -0.1) is 0 Å². The molecule has 426 valence electrons. The van der Waals surface area contributed by atoms with Crippen LogP contribution in [0.1, 0.15) is 361 Å². The Kier molecular flexibility index (Phi) is 60.5. The van der Waals surface area contributed by atoms with E-state index in [1.165, 1.54) is 276 Å². The zero-order valence-electron chi connectivity index (χ0n) is 48.7. The summed E-state index contributed by atoms with van der Waals surface area (Å²) in [6.07, 6.45) is 76.5. The van der Waals surface area contributed by atoms with Gasteiger partial charge in [0, 0.05) is 12.8 Å². The number of allylic oxidation sites excluding steroid dienone is 4. The molecule has 0 saturated heterocycles. The molecular formula is C66H127NO5. The van der Waals surface area contributed by atoms with Crippen molar-refractivity contribution in [3.8, 4) is 0 Å². The van der Waals surface area contributed by atoms with E-state index in [9.17, 15) is 19.8 Å². The van der Waals surface area contributed by atoms with Crippen LogP contribution in [0, 0.1) is 0 Å². The summed E-state index contributed by atoms with van der Waals surface area (Å²) in [7, 11) is 0. The molecule has 3 N–H and O–H groups in total. The summed E-state index contributed by atoms with van der Waals surface area (Å²) in [4.78, 5) is 24.5. The molecule has 0 bridgehead atoms. The first-order valence-electron chi connectivity index (χ1n) is 32.6. The first-order valence-corrected chi connectivity index (χ1v) is 32.6. The van der Waals surface area contributed by atoms with E-state index in [0.717, 1.165) is 51.4 Å². The minimum atomic E-state index is -0.659. The monoisotopic (exact) mass is 1010 g/mol. The predicted molar refractivity (Wildman–Crippen MR) is 315 cm³/mol. The SMILES string of the molecule is CCCC/C=C\C/C=C\CCCCCCCC(=O)OCCCCCCCCCCCCCCCCCCCCCCCCCCCCCCCCCC(=O)NC(CO)C(O)CCCCCCCCCCCC. The van der Waals surface area contributed by atoms with E-state index in [2.05, 4.69) is 43.5 Å². The van der Waals surface area contributed by atoms with Crippen LogP contribution in [-0.2, 0) is 14.3 Å². The summed E-state index contributed by atoms with van der Waals surface area (Å²) in [5, 5.41) is 23.2. The Morgan fingerprint density at radius 1 is 0.389 bits per heavy atom. The largest absolute Gasteiger partial charge is 0.466 e. The minimum absolute atomic E-state index is 0.00619. The van der Waals surface area contributed by atoms with Gasteiger partial charge >= 0.3 is 5.97 Å². The number of hydrogen-bond acceptors (Lipinski definition) is 5. The van der Waals surface area contributed by atoms with Gasteiger partial charge in [-0.3, -0.25) is 9.59 Å². The van der Waals surface area contributed by atoms with E-state index < -0.39 is 12.1 Å². The number of amides is 1. The predicted octanol–water partition coefficient (Wildman–Crippen LogP) is 20.6. The smallest absolute Gasteiger partial charge is 0.305 e. The summed E-state index contributed by atoms with van der Waals surface area (Å²) < 4.78 is 5.48. The minimum Gasteiger partial charge on any atom is -0.466 e. The van der Waals surface area contributed by atoms with Crippen LogP contribution < -0.4 is 5.32 Å². The van der Waals surface area contributed by atoms with Crippen molar-refractivity contribution in [2.75, 3.05) is 13.2 Å². The van der Waals surface area contributed by atoms with Crippen LogP contribution in [0.3, 0.4) is 0 Å². The quantitative estimate of drug-likeness (QED) is 0.0320. The van der Waals surface area contributed by atoms with Crippen molar-refractivity contribution in [1.29, 1.82) is 0 Å². The number of ether oxygens (including phenoxy) is 1. The van der Waals surface area contributed by atoms with Crippen LogP contribution in [0.4, 0.5) is 0 Å². The second-order valence-electron chi connectivity index (χ2n) is 22.5. The second kappa shape index (κ2) is 61.9. The zero-order valence-corrected chi connectivity index (χ0v) is 48.7. The van der Waals surface area contributed by atoms with Crippen molar-refractivity contribution in [3.05, 3.63) is 24.3 Å². The Morgan fingerprint density at radius 2 is 0.708 bits per heavy atom. The zero-order chi connectivity index (χ0) is 52.2. The lowest BCUT2D eigenvalue weighted by Crippen LogP contribution is -2.45. The van der Waals surface area contributed by atoms with E-state index in [1.807, 2.05) is 0 Å². The Morgan fingerprint density at radius 3 is 1.10 bits per heavy atom. The van der Waals surface area contributed by atoms with Crippen LogP contribution in [0.2, 0.25) is 0 Å². The number of carbonyl (C=O) groups excluding carboxylic acids is 2. The fraction of sp³-hybridized carbons (Fsp3) is 0.909. The third kappa shape index (κ3) is 57.6. The number of unbranched alkanes of at least 4 members (excludes halogenated alkanes) is 46. The molecule has 2 atom stereocenters. The lowest BCUT2D eigenvalue weighted by Gasteiger charge is -2.22. The van der Waals surface area contributed by atoms with Gasteiger partial charge in [0.15, 0.2) is 0 Å². The lowest BCUT2D eigenvalue weighted by atomic mass is 10.0. The highest BCUT2D eigenvalue weighted by Crippen LogP contribution is 2.18. The highest BCUT2D eigenvalue weighted by atomic mass is 16.5. The molecule has 0 aliphatic carbocycles. The topological polar surface area (TPSA) is 95.9 Å². The summed E-state index contributed by atoms with van der Waals surface area (Å²) in [6, 6.07) is -0.536. The molecule has 0 heterocycles. The van der Waals surface area contributed by atoms with Crippen LogP contribution in [0.5, 0.6) is 0 Å². The molecule has 0 aromatic rings. The van der Waals surface area contributed by atoms with E-state index in [4.69, 9.17) is 4.74 Å². The Labute approximate surface area is 450 Å². The molecule has 0 rings (SSSR count). The molecule has 0 fully saturated rings. The molecule has 0 aliphatic rings. The Balaban J connectivity index is 3.30. The van der Waals surface area contributed by atoms with Gasteiger partial charge in [0.25, 0.3) is 0 Å². The molecule has 6 heteroatoms. The number of nitrogens with one attached hydrogen (secondary N) is 1. The molecule has 1 amide bonds. The molecule has 0 aromatic carbocycles. The van der Waals surface area contributed by atoms with Gasteiger partial charge in [-0.2, -0.15) is 0 Å². The molecule has 72 heavy (non-hydrogen) atoms.